The number of carbonyl (C=O) groups is 4. The molecule has 4 N–H and O–H groups in total. The molecule has 0 saturated carbocycles. The molecule has 4 amide bonds. The number of fused-ring (bicyclic) bond motifs is 4. The largest absolute Gasteiger partial charge is 0.497 e. The number of hydrogen-bond acceptors (Lipinski definition) is 6. The number of imide groups is 1. The average molecular weight is 569 g/mol. The number of carboxylic acids is 1. The van der Waals surface area contributed by atoms with E-state index < -0.39 is 48.0 Å². The fourth-order valence-electron chi connectivity index (χ4n) is 5.90. The molecule has 214 valence electrons. The van der Waals surface area contributed by atoms with Crippen molar-refractivity contribution < 1.29 is 34.1 Å². The molecule has 11 heteroatoms. The van der Waals surface area contributed by atoms with Crippen molar-refractivity contribution in [3.8, 4) is 5.75 Å². The minimum absolute atomic E-state index is 0.0242. The van der Waals surface area contributed by atoms with Gasteiger partial charge in [0.05, 0.1) is 24.5 Å². The first-order valence-corrected chi connectivity index (χ1v) is 13.4. The molecule has 1 saturated heterocycles. The third kappa shape index (κ3) is 4.25. The number of aromatic nitrogens is 1. The number of nitrogens with one attached hydrogen (secondary N) is 2. The molecule has 2 unspecified atom stereocenters. The zero-order valence-electron chi connectivity index (χ0n) is 22.8. The Morgan fingerprint density at radius 1 is 1.02 bits per heavy atom. The highest BCUT2D eigenvalue weighted by molar-refractivity contribution is 6.24. The maximum Gasteiger partial charge on any atom is 0.332 e. The Kier molecular flexibility index (Phi) is 6.66. The first-order chi connectivity index (χ1) is 20.2. The number of nitrogens with zero attached hydrogens (tertiary/aromatic N) is 2. The number of aliphatic carboxylic acids is 1. The number of para-hydroxylation sites is 2. The Bertz CT molecular complexity index is 1730. The molecule has 4 aromatic rings. The van der Waals surface area contributed by atoms with E-state index in [1.165, 1.54) is 24.0 Å². The van der Waals surface area contributed by atoms with Crippen LogP contribution in [0.5, 0.6) is 5.75 Å². The third-order valence-electron chi connectivity index (χ3n) is 7.91. The van der Waals surface area contributed by atoms with E-state index in [0.717, 1.165) is 32.6 Å². The van der Waals surface area contributed by atoms with Gasteiger partial charge in [-0.05, 0) is 48.4 Å². The number of aromatic amines is 1. The van der Waals surface area contributed by atoms with Gasteiger partial charge < -0.3 is 25.3 Å². The van der Waals surface area contributed by atoms with Crippen molar-refractivity contribution in [3.63, 3.8) is 0 Å². The minimum Gasteiger partial charge on any atom is -0.497 e. The topological polar surface area (TPSA) is 152 Å². The van der Waals surface area contributed by atoms with Crippen LogP contribution >= 0.6 is 0 Å². The second kappa shape index (κ2) is 10.3. The summed E-state index contributed by atoms with van der Waals surface area (Å²) in [5.74, 6) is -2.12. The Balaban J connectivity index is 1.44. The lowest BCUT2D eigenvalue weighted by Crippen LogP contribution is -2.48. The van der Waals surface area contributed by atoms with Crippen LogP contribution in [0, 0.1) is 0 Å². The van der Waals surface area contributed by atoms with Crippen LogP contribution in [-0.4, -0.2) is 69.2 Å². The number of anilines is 1. The summed E-state index contributed by atoms with van der Waals surface area (Å²) in [6.45, 7) is 1.24. The molecule has 42 heavy (non-hydrogen) atoms. The molecule has 1 fully saturated rings. The number of hydrogen-bond donors (Lipinski definition) is 4. The van der Waals surface area contributed by atoms with Crippen LogP contribution in [0.2, 0.25) is 0 Å². The third-order valence-corrected chi connectivity index (χ3v) is 7.91. The summed E-state index contributed by atoms with van der Waals surface area (Å²) in [4.78, 5) is 59.1. The number of aliphatic hydroxyl groups is 1. The van der Waals surface area contributed by atoms with Crippen LogP contribution in [0.3, 0.4) is 0 Å². The Morgan fingerprint density at radius 2 is 1.71 bits per heavy atom. The van der Waals surface area contributed by atoms with Gasteiger partial charge in [0.15, 0.2) is 6.04 Å². The summed E-state index contributed by atoms with van der Waals surface area (Å²) < 4.78 is 5.33. The van der Waals surface area contributed by atoms with Crippen molar-refractivity contribution in [2.45, 2.75) is 37.6 Å². The van der Waals surface area contributed by atoms with Crippen LogP contribution in [0.15, 0.2) is 72.8 Å². The fraction of sp³-hybridized carbons (Fsp3) is 0.226. The molecule has 6 rings (SSSR count). The van der Waals surface area contributed by atoms with Crippen molar-refractivity contribution in [1.29, 1.82) is 0 Å². The summed E-state index contributed by atoms with van der Waals surface area (Å²) in [5.41, 5.74) is 3.35. The molecule has 0 bridgehead atoms. The van der Waals surface area contributed by atoms with Crippen LogP contribution in [0.4, 0.5) is 10.5 Å². The quantitative estimate of drug-likeness (QED) is 0.250. The Hall–Kier alpha value is -5.16. The zero-order valence-corrected chi connectivity index (χ0v) is 22.8. The van der Waals surface area contributed by atoms with Crippen molar-refractivity contribution in [1.82, 2.24) is 15.2 Å². The van der Waals surface area contributed by atoms with Gasteiger partial charge in [-0.1, -0.05) is 42.5 Å². The van der Waals surface area contributed by atoms with E-state index >= 15 is 0 Å². The van der Waals surface area contributed by atoms with Gasteiger partial charge in [-0.15, -0.1) is 0 Å². The molecule has 2 aliphatic rings. The van der Waals surface area contributed by atoms with Gasteiger partial charge >= 0.3 is 12.0 Å². The molecule has 2 aliphatic heterocycles. The number of amides is 4. The van der Waals surface area contributed by atoms with Crippen LogP contribution in [0.1, 0.15) is 40.1 Å². The van der Waals surface area contributed by atoms with E-state index in [1.54, 1.807) is 31.4 Å². The number of carboxylic acid groups (broad SMARTS) is 1. The maximum atomic E-state index is 14.2. The van der Waals surface area contributed by atoms with Crippen LogP contribution < -0.4 is 15.0 Å². The molecule has 0 aliphatic carbocycles. The molecule has 4 atom stereocenters. The van der Waals surface area contributed by atoms with E-state index in [2.05, 4.69) is 10.3 Å². The number of H-pyrrole nitrogens is 1. The Morgan fingerprint density at radius 3 is 2.40 bits per heavy atom. The number of benzene rings is 3. The molecule has 3 aromatic carbocycles. The molecular formula is C31H28N4O7. The van der Waals surface area contributed by atoms with Crippen LogP contribution in [-0.2, 0) is 16.0 Å². The van der Waals surface area contributed by atoms with Crippen molar-refractivity contribution in [3.05, 3.63) is 95.2 Å². The lowest BCUT2D eigenvalue weighted by molar-refractivity contribution is -0.141. The van der Waals surface area contributed by atoms with Gasteiger partial charge in [-0.3, -0.25) is 14.5 Å². The summed E-state index contributed by atoms with van der Waals surface area (Å²) in [7, 11) is 1.56. The molecular weight excluding hydrogens is 540 g/mol. The van der Waals surface area contributed by atoms with Crippen molar-refractivity contribution >= 4 is 40.4 Å². The predicted octanol–water partition coefficient (Wildman–Crippen LogP) is 3.22. The molecule has 3 heterocycles. The lowest BCUT2D eigenvalue weighted by atomic mass is 9.89. The molecule has 1 aromatic heterocycles. The second-order valence-corrected chi connectivity index (χ2v) is 10.4. The van der Waals surface area contributed by atoms with E-state index in [4.69, 9.17) is 4.74 Å². The SMILES string of the molecule is COc1ccc(C2c3[nH]c4ccccc4c3C[C@H]3C(=O)N(c4ccccc4C(=O)N[C@H](C(=O)O)C(C)O)C(=O)N23)cc1. The van der Waals surface area contributed by atoms with E-state index in [9.17, 15) is 29.4 Å². The maximum absolute atomic E-state index is 14.2. The smallest absolute Gasteiger partial charge is 0.332 e. The first-order valence-electron chi connectivity index (χ1n) is 13.4. The van der Waals surface area contributed by atoms with Gasteiger partial charge in [-0.25, -0.2) is 14.5 Å². The van der Waals surface area contributed by atoms with Gasteiger partial charge in [0.1, 0.15) is 17.8 Å². The number of aliphatic hydroxyl groups excluding tert-OH is 1. The van der Waals surface area contributed by atoms with E-state index in [-0.39, 0.29) is 17.7 Å². The lowest BCUT2D eigenvalue weighted by Gasteiger charge is -2.36. The van der Waals surface area contributed by atoms with Crippen molar-refractivity contribution in [2.75, 3.05) is 12.0 Å². The molecule has 11 nitrogen and oxygen atoms in total. The van der Waals surface area contributed by atoms with Gasteiger partial charge in [0.25, 0.3) is 11.8 Å². The predicted molar refractivity (Wildman–Crippen MR) is 152 cm³/mol. The monoisotopic (exact) mass is 568 g/mol. The average Bonchev–Trinajstić information content (AvgIpc) is 3.48. The summed E-state index contributed by atoms with van der Waals surface area (Å²) in [5, 5.41) is 22.6. The highest BCUT2D eigenvalue weighted by Crippen LogP contribution is 2.45. The van der Waals surface area contributed by atoms with Crippen molar-refractivity contribution in [2.24, 2.45) is 0 Å². The molecule has 0 radical (unpaired) electrons. The standard InChI is InChI=1S/C31H28N4O7/c1-16(36)25(30(39)40)33-28(37)20-8-4-6-10-23(20)35-29(38)24-15-21-19-7-3-5-9-22(19)32-26(21)27(34(24)31(35)41)17-11-13-18(42-2)14-12-17/h3-14,16,24-25,27,32,36H,15H2,1-2H3,(H,33,37)(H,39,40)/t16?,24-,25-,27?/m0/s1. The summed E-state index contributed by atoms with van der Waals surface area (Å²) in [6, 6.07) is 17.4. The van der Waals surface area contributed by atoms with Gasteiger partial charge in [0.2, 0.25) is 0 Å². The number of carbonyl (C=O) groups excluding carboxylic acids is 3. The number of ether oxygens (including phenoxy) is 1. The number of rotatable bonds is 7. The summed E-state index contributed by atoms with van der Waals surface area (Å²) >= 11 is 0. The van der Waals surface area contributed by atoms with Crippen LogP contribution in [0.25, 0.3) is 10.9 Å². The normalized spacial score (nSPS) is 19.3. The number of urea groups is 1. The highest BCUT2D eigenvalue weighted by atomic mass is 16.5. The second-order valence-electron chi connectivity index (χ2n) is 10.4. The van der Waals surface area contributed by atoms with E-state index in [0.29, 0.717) is 5.75 Å². The van der Waals surface area contributed by atoms with Gasteiger partial charge in [0, 0.05) is 23.0 Å². The fourth-order valence-corrected chi connectivity index (χ4v) is 5.90. The zero-order chi connectivity index (χ0) is 29.7. The van der Waals surface area contributed by atoms with Gasteiger partial charge in [-0.2, -0.15) is 0 Å². The highest BCUT2D eigenvalue weighted by Gasteiger charge is 2.53. The first kappa shape index (κ1) is 27.0. The minimum atomic E-state index is -1.58. The summed E-state index contributed by atoms with van der Waals surface area (Å²) in [6.07, 6.45) is -1.11. The Labute approximate surface area is 240 Å². The molecule has 0 spiro atoms. The number of methoxy groups -OCH3 is 1. The van der Waals surface area contributed by atoms with E-state index in [1.807, 2.05) is 36.4 Å².